The van der Waals surface area contributed by atoms with Crippen molar-refractivity contribution >= 4 is 22.4 Å². The molecule has 1 unspecified atom stereocenters. The van der Waals surface area contributed by atoms with Gasteiger partial charge in [0.2, 0.25) is 0 Å². The summed E-state index contributed by atoms with van der Waals surface area (Å²) in [4.78, 5) is 20.3. The molecule has 1 aromatic rings. The first kappa shape index (κ1) is 12.9. The molecule has 0 aliphatic heterocycles. The minimum atomic E-state index is -0.138. The van der Waals surface area contributed by atoms with Gasteiger partial charge in [-0.2, -0.15) is 0 Å². The van der Waals surface area contributed by atoms with E-state index in [0.29, 0.717) is 12.6 Å². The Hall–Kier alpha value is -1.10. The number of hydrogen-bond donors (Lipinski definition) is 0. The van der Waals surface area contributed by atoms with E-state index in [-0.39, 0.29) is 11.9 Å². The van der Waals surface area contributed by atoms with E-state index in [4.69, 9.17) is 9.72 Å². The SMILES string of the molecule is CCOC(=O)C1CCCc2sc(N(C)C3CC3)nc21. The summed E-state index contributed by atoms with van der Waals surface area (Å²) in [7, 11) is 2.11. The molecule has 0 bridgehead atoms. The maximum Gasteiger partial charge on any atom is 0.315 e. The van der Waals surface area contributed by atoms with Crippen molar-refractivity contribution in [2.24, 2.45) is 0 Å². The van der Waals surface area contributed by atoms with Crippen molar-refractivity contribution in [3.05, 3.63) is 10.6 Å². The largest absolute Gasteiger partial charge is 0.465 e. The molecule has 19 heavy (non-hydrogen) atoms. The number of anilines is 1. The third-order valence-corrected chi connectivity index (χ3v) is 5.13. The first-order chi connectivity index (χ1) is 9.20. The Labute approximate surface area is 117 Å². The summed E-state index contributed by atoms with van der Waals surface area (Å²) >= 11 is 1.76. The predicted molar refractivity (Wildman–Crippen MR) is 75.9 cm³/mol. The third kappa shape index (κ3) is 2.48. The quantitative estimate of drug-likeness (QED) is 0.795. The first-order valence-electron chi connectivity index (χ1n) is 7.09. The molecule has 104 valence electrons. The maximum atomic E-state index is 12.0. The van der Waals surface area contributed by atoms with Gasteiger partial charge in [-0.1, -0.05) is 0 Å². The number of esters is 1. The van der Waals surface area contributed by atoms with E-state index in [1.165, 1.54) is 17.7 Å². The number of rotatable bonds is 4. The second-order valence-electron chi connectivity index (χ2n) is 5.34. The fraction of sp³-hybridized carbons (Fsp3) is 0.714. The summed E-state index contributed by atoms with van der Waals surface area (Å²) in [6.07, 6.45) is 5.53. The molecule has 3 rings (SSSR count). The van der Waals surface area contributed by atoms with Crippen molar-refractivity contribution in [1.82, 2.24) is 4.98 Å². The van der Waals surface area contributed by atoms with Crippen LogP contribution < -0.4 is 4.90 Å². The Morgan fingerprint density at radius 2 is 2.26 bits per heavy atom. The van der Waals surface area contributed by atoms with Crippen LogP contribution in [0.3, 0.4) is 0 Å². The number of nitrogens with zero attached hydrogens (tertiary/aromatic N) is 2. The van der Waals surface area contributed by atoms with E-state index >= 15 is 0 Å². The second kappa shape index (κ2) is 5.12. The lowest BCUT2D eigenvalue weighted by Gasteiger charge is -2.19. The molecule has 1 atom stereocenters. The first-order valence-corrected chi connectivity index (χ1v) is 7.91. The highest BCUT2D eigenvalue weighted by atomic mass is 32.1. The Kier molecular flexibility index (Phi) is 3.48. The topological polar surface area (TPSA) is 42.4 Å². The molecule has 5 heteroatoms. The monoisotopic (exact) mass is 280 g/mol. The van der Waals surface area contributed by atoms with Gasteiger partial charge in [0.05, 0.1) is 12.3 Å². The molecule has 1 saturated carbocycles. The normalized spacial score (nSPS) is 21.9. The van der Waals surface area contributed by atoms with Gasteiger partial charge >= 0.3 is 5.97 Å². The summed E-state index contributed by atoms with van der Waals surface area (Å²) in [6.45, 7) is 2.30. The van der Waals surface area contributed by atoms with Crippen LogP contribution in [0.1, 0.15) is 49.1 Å². The maximum absolute atomic E-state index is 12.0. The second-order valence-corrected chi connectivity index (χ2v) is 6.41. The molecule has 1 aromatic heterocycles. The van der Waals surface area contributed by atoms with Crippen molar-refractivity contribution in [2.75, 3.05) is 18.6 Å². The van der Waals surface area contributed by atoms with Gasteiger partial charge in [-0.15, -0.1) is 11.3 Å². The lowest BCUT2D eigenvalue weighted by Crippen LogP contribution is -2.21. The molecular weight excluding hydrogens is 260 g/mol. The molecule has 2 aliphatic carbocycles. The highest BCUT2D eigenvalue weighted by molar-refractivity contribution is 7.15. The summed E-state index contributed by atoms with van der Waals surface area (Å²) in [5.74, 6) is -0.240. The van der Waals surface area contributed by atoms with Gasteiger partial charge in [0.1, 0.15) is 5.92 Å². The van der Waals surface area contributed by atoms with Crippen LogP contribution in [0.15, 0.2) is 0 Å². The summed E-state index contributed by atoms with van der Waals surface area (Å²) in [5, 5.41) is 1.07. The van der Waals surface area contributed by atoms with E-state index < -0.39 is 0 Å². The van der Waals surface area contributed by atoms with E-state index in [0.717, 1.165) is 30.1 Å². The highest BCUT2D eigenvalue weighted by Crippen LogP contribution is 2.40. The standard InChI is InChI=1S/C14H20N2O2S/c1-3-18-13(17)10-5-4-6-11-12(10)15-14(19-11)16(2)9-7-8-9/h9-10H,3-8H2,1-2H3. The third-order valence-electron chi connectivity index (χ3n) is 3.91. The van der Waals surface area contributed by atoms with Crippen molar-refractivity contribution in [1.29, 1.82) is 0 Å². The number of carbonyl (C=O) groups is 1. The fourth-order valence-electron chi connectivity index (χ4n) is 2.65. The minimum Gasteiger partial charge on any atom is -0.465 e. The number of hydrogen-bond acceptors (Lipinski definition) is 5. The number of ether oxygens (including phenoxy) is 1. The van der Waals surface area contributed by atoms with Crippen LogP contribution in [0.4, 0.5) is 5.13 Å². The molecule has 2 aliphatic rings. The zero-order valence-electron chi connectivity index (χ0n) is 11.5. The molecule has 0 radical (unpaired) electrons. The molecule has 0 spiro atoms. The number of aromatic nitrogens is 1. The molecular formula is C14H20N2O2S. The lowest BCUT2D eigenvalue weighted by molar-refractivity contribution is -0.145. The molecule has 1 heterocycles. The van der Waals surface area contributed by atoms with Gasteiger partial charge < -0.3 is 9.64 Å². The van der Waals surface area contributed by atoms with Gasteiger partial charge in [-0.05, 0) is 39.0 Å². The van der Waals surface area contributed by atoms with Gasteiger partial charge in [-0.3, -0.25) is 4.79 Å². The molecule has 0 amide bonds. The van der Waals surface area contributed by atoms with E-state index in [1.54, 1.807) is 11.3 Å². The zero-order valence-corrected chi connectivity index (χ0v) is 12.3. The number of fused-ring (bicyclic) bond motifs is 1. The van der Waals surface area contributed by atoms with Crippen molar-refractivity contribution in [2.45, 2.75) is 51.0 Å². The Balaban J connectivity index is 1.84. The van der Waals surface area contributed by atoms with Crippen LogP contribution in [0.5, 0.6) is 0 Å². The van der Waals surface area contributed by atoms with Crippen LogP contribution in [-0.4, -0.2) is 30.6 Å². The molecule has 4 nitrogen and oxygen atoms in total. The molecule has 0 N–H and O–H groups in total. The lowest BCUT2D eigenvalue weighted by atomic mass is 9.91. The van der Waals surface area contributed by atoms with Crippen molar-refractivity contribution < 1.29 is 9.53 Å². The summed E-state index contributed by atoms with van der Waals surface area (Å²) in [6, 6.07) is 0.661. The fourth-order valence-corrected chi connectivity index (χ4v) is 3.84. The predicted octanol–water partition coefficient (Wildman–Crippen LogP) is 2.72. The Morgan fingerprint density at radius 1 is 1.47 bits per heavy atom. The van der Waals surface area contributed by atoms with E-state index in [2.05, 4.69) is 11.9 Å². The Morgan fingerprint density at radius 3 is 2.95 bits per heavy atom. The average Bonchev–Trinajstić information content (AvgIpc) is 3.16. The van der Waals surface area contributed by atoms with E-state index in [1.807, 2.05) is 6.92 Å². The number of carbonyl (C=O) groups excluding carboxylic acids is 1. The molecule has 0 saturated heterocycles. The molecule has 1 fully saturated rings. The van der Waals surface area contributed by atoms with Crippen LogP contribution in [0.2, 0.25) is 0 Å². The van der Waals surface area contributed by atoms with Crippen molar-refractivity contribution in [3.8, 4) is 0 Å². The zero-order chi connectivity index (χ0) is 13.4. The minimum absolute atomic E-state index is 0.102. The van der Waals surface area contributed by atoms with Crippen LogP contribution in [-0.2, 0) is 16.0 Å². The van der Waals surface area contributed by atoms with Gasteiger partial charge in [-0.25, -0.2) is 4.98 Å². The van der Waals surface area contributed by atoms with Crippen LogP contribution in [0.25, 0.3) is 0 Å². The van der Waals surface area contributed by atoms with Crippen LogP contribution >= 0.6 is 11.3 Å². The number of aryl methyl sites for hydroxylation is 1. The summed E-state index contributed by atoms with van der Waals surface area (Å²) in [5.41, 5.74) is 0.984. The van der Waals surface area contributed by atoms with Crippen molar-refractivity contribution in [3.63, 3.8) is 0 Å². The van der Waals surface area contributed by atoms with E-state index in [9.17, 15) is 4.79 Å². The molecule has 0 aromatic carbocycles. The van der Waals surface area contributed by atoms with Gasteiger partial charge in [0.15, 0.2) is 5.13 Å². The Bertz CT molecular complexity index is 482. The van der Waals surface area contributed by atoms with Crippen LogP contribution in [0, 0.1) is 0 Å². The van der Waals surface area contributed by atoms with Gasteiger partial charge in [0.25, 0.3) is 0 Å². The summed E-state index contributed by atoms with van der Waals surface area (Å²) < 4.78 is 5.18. The number of thiazole rings is 1. The van der Waals surface area contributed by atoms with Gasteiger partial charge in [0, 0.05) is 18.0 Å². The average molecular weight is 280 g/mol. The highest BCUT2D eigenvalue weighted by Gasteiger charge is 2.34. The smallest absolute Gasteiger partial charge is 0.315 e.